The van der Waals surface area contributed by atoms with Crippen LogP contribution in [0.2, 0.25) is 0 Å². The summed E-state index contributed by atoms with van der Waals surface area (Å²) in [5.74, 6) is 0.00636. The number of carbonyl (C=O) groups excluding carboxylic acids is 1. The zero-order chi connectivity index (χ0) is 15.9. The minimum atomic E-state index is -0.343. The lowest BCUT2D eigenvalue weighted by Gasteiger charge is -2.06. The van der Waals surface area contributed by atoms with E-state index >= 15 is 0 Å². The molecule has 0 radical (unpaired) electrons. The summed E-state index contributed by atoms with van der Waals surface area (Å²) < 4.78 is 6.82. The lowest BCUT2D eigenvalue weighted by Crippen LogP contribution is -2.42. The highest BCUT2D eigenvalue weighted by molar-refractivity contribution is 5.72. The number of rotatable bonds is 5. The van der Waals surface area contributed by atoms with Crippen molar-refractivity contribution in [1.82, 2.24) is 0 Å². The van der Waals surface area contributed by atoms with Gasteiger partial charge in [-0.1, -0.05) is 24.3 Å². The van der Waals surface area contributed by atoms with Crippen LogP contribution in [0.3, 0.4) is 0 Å². The molecule has 1 atom stereocenters. The maximum absolute atomic E-state index is 11.7. The maximum Gasteiger partial charge on any atom is 0.375 e. The summed E-state index contributed by atoms with van der Waals surface area (Å²) in [6, 6.07) is 10.6. The molecular weight excluding hydrogens is 278 g/mol. The summed E-state index contributed by atoms with van der Waals surface area (Å²) in [4.78, 5) is 11.7. The van der Waals surface area contributed by atoms with Crippen molar-refractivity contribution in [2.45, 2.75) is 19.9 Å². The van der Waals surface area contributed by atoms with Crippen LogP contribution in [0.4, 0.5) is 0 Å². The van der Waals surface area contributed by atoms with Gasteiger partial charge in [0.25, 0.3) is 6.04 Å². The Labute approximate surface area is 130 Å². The molecule has 0 saturated carbocycles. The van der Waals surface area contributed by atoms with E-state index in [1.165, 1.54) is 0 Å². The van der Waals surface area contributed by atoms with Crippen molar-refractivity contribution >= 4 is 18.1 Å². The van der Waals surface area contributed by atoms with Crippen LogP contribution in [-0.4, -0.2) is 17.7 Å². The first kappa shape index (κ1) is 15.8. The van der Waals surface area contributed by atoms with Crippen LogP contribution in [0.25, 0.3) is 12.2 Å². The van der Waals surface area contributed by atoms with Gasteiger partial charge in [0.2, 0.25) is 0 Å². The molecule has 0 fully saturated rings. The Bertz CT molecular complexity index is 662. The molecule has 1 N–H and O–H groups in total. The summed E-state index contributed by atoms with van der Waals surface area (Å²) >= 11 is 0. The molecule has 0 bridgehead atoms. The van der Waals surface area contributed by atoms with Gasteiger partial charge in [0.15, 0.2) is 12.4 Å². The fraction of sp³-hybridized carbons (Fsp3) is 0.222. The molecule has 1 aromatic carbocycles. The normalized spacial score (nSPS) is 12.3. The number of aromatic hydroxyl groups is 1. The summed E-state index contributed by atoms with van der Waals surface area (Å²) in [6.45, 7) is 3.99. The third kappa shape index (κ3) is 4.19. The second kappa shape index (κ2) is 7.41. The van der Waals surface area contributed by atoms with Crippen molar-refractivity contribution in [2.75, 3.05) is 6.61 Å². The second-order valence-corrected chi connectivity index (χ2v) is 4.94. The summed E-state index contributed by atoms with van der Waals surface area (Å²) in [5.41, 5.74) is 1.94. The van der Waals surface area contributed by atoms with E-state index in [-0.39, 0.29) is 17.8 Å². The Balaban J connectivity index is 2.07. The van der Waals surface area contributed by atoms with Crippen LogP contribution < -0.4 is 4.57 Å². The molecule has 4 nitrogen and oxygen atoms in total. The Kier molecular flexibility index (Phi) is 5.31. The first-order valence-electron chi connectivity index (χ1n) is 7.24. The monoisotopic (exact) mass is 298 g/mol. The fourth-order valence-electron chi connectivity index (χ4n) is 2.02. The minimum Gasteiger partial charge on any atom is -0.508 e. The number of esters is 1. The topological polar surface area (TPSA) is 50.4 Å². The van der Waals surface area contributed by atoms with Gasteiger partial charge in [-0.3, -0.25) is 0 Å². The second-order valence-electron chi connectivity index (χ2n) is 4.94. The van der Waals surface area contributed by atoms with Gasteiger partial charge in [-0.2, -0.15) is 4.57 Å². The summed E-state index contributed by atoms with van der Waals surface area (Å²) in [7, 11) is 0. The van der Waals surface area contributed by atoms with Crippen LogP contribution in [-0.2, 0) is 9.53 Å². The molecule has 22 heavy (non-hydrogen) atoms. The van der Waals surface area contributed by atoms with Gasteiger partial charge in [0.1, 0.15) is 5.75 Å². The zero-order valence-corrected chi connectivity index (χ0v) is 12.8. The van der Waals surface area contributed by atoms with Crippen molar-refractivity contribution in [3.8, 4) is 5.75 Å². The highest BCUT2D eigenvalue weighted by atomic mass is 16.5. The van der Waals surface area contributed by atoms with Gasteiger partial charge in [0, 0.05) is 19.1 Å². The lowest BCUT2D eigenvalue weighted by atomic mass is 10.1. The van der Waals surface area contributed by atoms with Gasteiger partial charge in [-0.05, 0) is 30.2 Å². The Morgan fingerprint density at radius 3 is 2.55 bits per heavy atom. The Hall–Kier alpha value is -2.62. The SMILES string of the molecule is CCOC(=O)C(C)[n+]1ccc(/C=C/c2cccc(O)c2)cc1. The number of pyridine rings is 1. The average molecular weight is 298 g/mol. The number of nitrogens with zero attached hydrogens (tertiary/aromatic N) is 1. The van der Waals surface area contributed by atoms with E-state index in [1.807, 2.05) is 47.3 Å². The first-order valence-corrected chi connectivity index (χ1v) is 7.24. The van der Waals surface area contributed by atoms with E-state index in [0.717, 1.165) is 11.1 Å². The van der Waals surface area contributed by atoms with Gasteiger partial charge >= 0.3 is 5.97 Å². The van der Waals surface area contributed by atoms with E-state index < -0.39 is 0 Å². The molecular formula is C18H20NO3+. The number of hydrogen-bond acceptors (Lipinski definition) is 3. The van der Waals surface area contributed by atoms with Crippen LogP contribution in [0.15, 0.2) is 48.8 Å². The molecule has 1 unspecified atom stereocenters. The largest absolute Gasteiger partial charge is 0.508 e. The fourth-order valence-corrected chi connectivity index (χ4v) is 2.02. The van der Waals surface area contributed by atoms with E-state index in [0.29, 0.717) is 6.61 Å². The van der Waals surface area contributed by atoms with Gasteiger partial charge < -0.3 is 9.84 Å². The summed E-state index contributed by atoms with van der Waals surface area (Å²) in [6.07, 6.45) is 7.58. The molecule has 0 aliphatic heterocycles. The average Bonchev–Trinajstić information content (AvgIpc) is 2.53. The molecule has 0 amide bonds. The molecule has 114 valence electrons. The zero-order valence-electron chi connectivity index (χ0n) is 12.8. The highest BCUT2D eigenvalue weighted by Crippen LogP contribution is 2.13. The smallest absolute Gasteiger partial charge is 0.375 e. The van der Waals surface area contributed by atoms with Crippen LogP contribution in [0, 0.1) is 0 Å². The number of ether oxygens (including phenoxy) is 1. The number of phenolic OH excluding ortho intramolecular Hbond substituents is 1. The molecule has 4 heteroatoms. The van der Waals surface area contributed by atoms with E-state index in [1.54, 1.807) is 32.0 Å². The van der Waals surface area contributed by atoms with Crippen molar-refractivity contribution in [1.29, 1.82) is 0 Å². The van der Waals surface area contributed by atoms with Crippen molar-refractivity contribution < 1.29 is 19.2 Å². The number of benzene rings is 1. The van der Waals surface area contributed by atoms with E-state index in [9.17, 15) is 9.90 Å². The lowest BCUT2D eigenvalue weighted by molar-refractivity contribution is -0.707. The molecule has 1 heterocycles. The predicted octanol–water partition coefficient (Wildman–Crippen LogP) is 2.97. The molecule has 1 aromatic heterocycles. The Morgan fingerprint density at radius 2 is 1.91 bits per heavy atom. The van der Waals surface area contributed by atoms with Crippen molar-refractivity contribution in [3.63, 3.8) is 0 Å². The maximum atomic E-state index is 11.7. The molecule has 0 spiro atoms. The molecule has 0 aliphatic carbocycles. The van der Waals surface area contributed by atoms with Gasteiger partial charge in [0.05, 0.1) is 6.61 Å². The molecule has 2 rings (SSSR count). The highest BCUT2D eigenvalue weighted by Gasteiger charge is 2.22. The predicted molar refractivity (Wildman–Crippen MR) is 85.0 cm³/mol. The number of phenols is 1. The van der Waals surface area contributed by atoms with E-state index in [2.05, 4.69) is 0 Å². The number of aromatic nitrogens is 1. The third-order valence-electron chi connectivity index (χ3n) is 3.29. The minimum absolute atomic E-state index is 0.240. The van der Waals surface area contributed by atoms with Crippen molar-refractivity contribution in [2.24, 2.45) is 0 Å². The standard InChI is InChI=1S/C18H19NO3/c1-3-22-18(21)14(2)19-11-9-15(10-12-19)7-8-16-5-4-6-17(20)13-16/h4-14H,3H2,1-2H3/p+1/b8-7+. The Morgan fingerprint density at radius 1 is 1.23 bits per heavy atom. The van der Waals surface area contributed by atoms with Gasteiger partial charge in [-0.25, -0.2) is 4.79 Å². The molecule has 0 saturated heterocycles. The van der Waals surface area contributed by atoms with Crippen LogP contribution in [0.1, 0.15) is 31.0 Å². The first-order chi connectivity index (χ1) is 10.6. The molecule has 2 aromatic rings. The van der Waals surface area contributed by atoms with Crippen LogP contribution >= 0.6 is 0 Å². The number of carbonyl (C=O) groups is 1. The van der Waals surface area contributed by atoms with Gasteiger partial charge in [-0.15, -0.1) is 0 Å². The summed E-state index contributed by atoms with van der Waals surface area (Å²) in [5, 5.41) is 9.42. The number of hydrogen-bond donors (Lipinski definition) is 1. The third-order valence-corrected chi connectivity index (χ3v) is 3.29. The van der Waals surface area contributed by atoms with Crippen LogP contribution in [0.5, 0.6) is 5.75 Å². The quantitative estimate of drug-likeness (QED) is 0.682. The molecule has 0 aliphatic rings. The van der Waals surface area contributed by atoms with Crippen molar-refractivity contribution in [3.05, 3.63) is 59.9 Å². The van der Waals surface area contributed by atoms with E-state index in [4.69, 9.17) is 4.74 Å².